The van der Waals surface area contributed by atoms with E-state index in [1.54, 1.807) is 0 Å². The molecule has 0 fully saturated rings. The van der Waals surface area contributed by atoms with E-state index in [0.29, 0.717) is 0 Å². The Morgan fingerprint density at radius 3 is 2.29 bits per heavy atom. The molecule has 0 heterocycles. The molecule has 2 N–H and O–H groups in total. The van der Waals surface area contributed by atoms with Crippen molar-refractivity contribution in [1.82, 2.24) is 0 Å². The summed E-state index contributed by atoms with van der Waals surface area (Å²) in [7, 11) is 0. The third-order valence-electron chi connectivity index (χ3n) is 2.35. The van der Waals surface area contributed by atoms with Crippen LogP contribution in [0.3, 0.4) is 0 Å². The molecular formula is C14H11Br2N. The molecule has 0 saturated heterocycles. The minimum atomic E-state index is 0.783. The maximum Gasteiger partial charge on any atom is 0.0314 e. The highest BCUT2D eigenvalue weighted by atomic mass is 79.9. The van der Waals surface area contributed by atoms with Crippen LogP contribution in [0.25, 0.3) is 12.2 Å². The van der Waals surface area contributed by atoms with Crippen LogP contribution in [0.4, 0.5) is 5.69 Å². The standard InChI is InChI=1S/C14H11Br2N/c15-12-5-8-14(16)11(9-12)4-1-10-2-6-13(17)7-3-10/h1-9H,17H2. The third-order valence-corrected chi connectivity index (χ3v) is 3.57. The van der Waals surface area contributed by atoms with E-state index in [2.05, 4.69) is 50.1 Å². The van der Waals surface area contributed by atoms with Gasteiger partial charge >= 0.3 is 0 Å². The summed E-state index contributed by atoms with van der Waals surface area (Å²) in [6, 6.07) is 13.9. The van der Waals surface area contributed by atoms with E-state index in [9.17, 15) is 0 Å². The summed E-state index contributed by atoms with van der Waals surface area (Å²) in [6.07, 6.45) is 4.13. The van der Waals surface area contributed by atoms with Gasteiger partial charge in [-0.25, -0.2) is 0 Å². The second kappa shape index (κ2) is 5.52. The van der Waals surface area contributed by atoms with Crippen LogP contribution >= 0.6 is 31.9 Å². The van der Waals surface area contributed by atoms with Crippen molar-refractivity contribution >= 4 is 49.7 Å². The molecule has 2 rings (SSSR count). The van der Waals surface area contributed by atoms with Crippen molar-refractivity contribution in [3.63, 3.8) is 0 Å². The molecule has 2 aromatic carbocycles. The molecule has 0 atom stereocenters. The van der Waals surface area contributed by atoms with E-state index in [1.165, 1.54) is 0 Å². The maximum absolute atomic E-state index is 5.64. The number of nitrogen functional groups attached to an aromatic ring is 1. The van der Waals surface area contributed by atoms with Crippen LogP contribution in [0.1, 0.15) is 11.1 Å². The van der Waals surface area contributed by atoms with Gasteiger partial charge in [-0.3, -0.25) is 0 Å². The summed E-state index contributed by atoms with van der Waals surface area (Å²) >= 11 is 6.98. The molecule has 0 saturated carbocycles. The first-order valence-electron chi connectivity index (χ1n) is 5.14. The van der Waals surface area contributed by atoms with Crippen LogP contribution < -0.4 is 5.73 Å². The van der Waals surface area contributed by atoms with Gasteiger partial charge in [0.1, 0.15) is 0 Å². The first-order valence-corrected chi connectivity index (χ1v) is 6.72. The van der Waals surface area contributed by atoms with E-state index in [4.69, 9.17) is 5.73 Å². The highest BCUT2D eigenvalue weighted by Gasteiger charge is 1.96. The molecule has 0 spiro atoms. The average molecular weight is 353 g/mol. The van der Waals surface area contributed by atoms with Crippen molar-refractivity contribution in [2.45, 2.75) is 0 Å². The topological polar surface area (TPSA) is 26.0 Å². The first-order chi connectivity index (χ1) is 8.15. The molecule has 3 heteroatoms. The van der Waals surface area contributed by atoms with Gasteiger partial charge < -0.3 is 5.73 Å². The van der Waals surface area contributed by atoms with Gasteiger partial charge in [-0.1, -0.05) is 56.1 Å². The van der Waals surface area contributed by atoms with E-state index in [0.717, 1.165) is 25.8 Å². The van der Waals surface area contributed by atoms with Crippen LogP contribution in [0, 0.1) is 0 Å². The summed E-state index contributed by atoms with van der Waals surface area (Å²) in [6.45, 7) is 0. The predicted octanol–water partition coefficient (Wildman–Crippen LogP) is 4.96. The lowest BCUT2D eigenvalue weighted by Gasteiger charge is -2.00. The van der Waals surface area contributed by atoms with Crippen LogP contribution in [-0.2, 0) is 0 Å². The van der Waals surface area contributed by atoms with E-state index in [-0.39, 0.29) is 0 Å². The SMILES string of the molecule is Nc1ccc(C=Cc2cc(Br)ccc2Br)cc1. The van der Waals surface area contributed by atoms with Gasteiger partial charge in [0.15, 0.2) is 0 Å². The normalized spacial score (nSPS) is 10.9. The number of hydrogen-bond donors (Lipinski definition) is 1. The molecule has 0 unspecified atom stereocenters. The minimum absolute atomic E-state index is 0.783. The average Bonchev–Trinajstić information content (AvgIpc) is 2.32. The molecule has 17 heavy (non-hydrogen) atoms. The quantitative estimate of drug-likeness (QED) is 0.599. The largest absolute Gasteiger partial charge is 0.399 e. The Morgan fingerprint density at radius 2 is 1.59 bits per heavy atom. The molecule has 0 aliphatic rings. The number of anilines is 1. The van der Waals surface area contributed by atoms with Gasteiger partial charge in [0.25, 0.3) is 0 Å². The zero-order chi connectivity index (χ0) is 12.3. The van der Waals surface area contributed by atoms with Gasteiger partial charge in [0.05, 0.1) is 0 Å². The lowest BCUT2D eigenvalue weighted by molar-refractivity contribution is 1.56. The lowest BCUT2D eigenvalue weighted by Crippen LogP contribution is -1.82. The Morgan fingerprint density at radius 1 is 0.882 bits per heavy atom. The summed E-state index contributed by atoms with van der Waals surface area (Å²) in [5.74, 6) is 0. The van der Waals surface area contributed by atoms with Crippen molar-refractivity contribution in [3.05, 3.63) is 62.5 Å². The van der Waals surface area contributed by atoms with Crippen molar-refractivity contribution < 1.29 is 0 Å². The van der Waals surface area contributed by atoms with Crippen molar-refractivity contribution in [2.24, 2.45) is 0 Å². The molecule has 0 aliphatic heterocycles. The summed E-state index contributed by atoms with van der Waals surface area (Å²) in [5, 5.41) is 0. The zero-order valence-electron chi connectivity index (χ0n) is 9.03. The lowest BCUT2D eigenvalue weighted by atomic mass is 10.1. The molecular weight excluding hydrogens is 342 g/mol. The van der Waals surface area contributed by atoms with Crippen LogP contribution in [0.15, 0.2) is 51.4 Å². The molecule has 0 aliphatic carbocycles. The number of hydrogen-bond acceptors (Lipinski definition) is 1. The Kier molecular flexibility index (Phi) is 4.02. The van der Waals surface area contributed by atoms with Crippen LogP contribution in [-0.4, -0.2) is 0 Å². The molecule has 0 radical (unpaired) electrons. The van der Waals surface area contributed by atoms with Crippen molar-refractivity contribution in [3.8, 4) is 0 Å². The summed E-state index contributed by atoms with van der Waals surface area (Å²) < 4.78 is 2.14. The predicted molar refractivity (Wildman–Crippen MR) is 81.6 cm³/mol. The highest BCUT2D eigenvalue weighted by Crippen LogP contribution is 2.23. The first kappa shape index (κ1) is 12.4. The monoisotopic (exact) mass is 351 g/mol. The number of benzene rings is 2. The smallest absolute Gasteiger partial charge is 0.0314 e. The Balaban J connectivity index is 2.25. The fraction of sp³-hybridized carbons (Fsp3) is 0. The second-order valence-corrected chi connectivity index (χ2v) is 5.44. The Hall–Kier alpha value is -1.06. The van der Waals surface area contributed by atoms with E-state index in [1.807, 2.05) is 36.4 Å². The molecule has 0 aromatic heterocycles. The minimum Gasteiger partial charge on any atom is -0.399 e. The number of halogens is 2. The van der Waals surface area contributed by atoms with Gasteiger partial charge in [-0.15, -0.1) is 0 Å². The van der Waals surface area contributed by atoms with Crippen molar-refractivity contribution in [1.29, 1.82) is 0 Å². The summed E-state index contributed by atoms with van der Waals surface area (Å²) in [5.41, 5.74) is 8.69. The Bertz CT molecular complexity index is 545. The molecule has 0 amide bonds. The van der Waals surface area contributed by atoms with Crippen molar-refractivity contribution in [2.75, 3.05) is 5.73 Å². The highest BCUT2D eigenvalue weighted by molar-refractivity contribution is 9.11. The zero-order valence-corrected chi connectivity index (χ0v) is 12.2. The number of nitrogens with two attached hydrogens (primary N) is 1. The van der Waals surface area contributed by atoms with Gasteiger partial charge in [-0.2, -0.15) is 0 Å². The number of rotatable bonds is 2. The van der Waals surface area contributed by atoms with Gasteiger partial charge in [-0.05, 0) is 41.5 Å². The molecule has 0 bridgehead atoms. The third kappa shape index (κ3) is 3.45. The van der Waals surface area contributed by atoms with Crippen LogP contribution in [0.2, 0.25) is 0 Å². The van der Waals surface area contributed by atoms with Crippen LogP contribution in [0.5, 0.6) is 0 Å². The molecule has 2 aromatic rings. The van der Waals surface area contributed by atoms with E-state index >= 15 is 0 Å². The van der Waals surface area contributed by atoms with Gasteiger partial charge in [0.2, 0.25) is 0 Å². The van der Waals surface area contributed by atoms with E-state index < -0.39 is 0 Å². The maximum atomic E-state index is 5.64. The fourth-order valence-electron chi connectivity index (χ4n) is 1.44. The Labute approximate surface area is 118 Å². The fourth-order valence-corrected chi connectivity index (χ4v) is 2.19. The second-order valence-electron chi connectivity index (χ2n) is 3.67. The summed E-state index contributed by atoms with van der Waals surface area (Å²) in [4.78, 5) is 0. The molecule has 1 nitrogen and oxygen atoms in total. The molecule has 86 valence electrons. The van der Waals surface area contributed by atoms with Gasteiger partial charge in [0, 0.05) is 14.6 Å².